The quantitative estimate of drug-likeness (QED) is 0.317. The number of benzene rings is 1. The Hall–Kier alpha value is -3.20. The molecule has 1 saturated carbocycles. The molecule has 1 amide bonds. The van der Waals surface area contributed by atoms with Gasteiger partial charge in [0, 0.05) is 29.2 Å². The van der Waals surface area contributed by atoms with Gasteiger partial charge in [0.1, 0.15) is 11.4 Å². The molecule has 1 heterocycles. The van der Waals surface area contributed by atoms with E-state index >= 15 is 0 Å². The number of aromatic nitrogens is 2. The maximum absolute atomic E-state index is 11.9. The van der Waals surface area contributed by atoms with Crippen LogP contribution < -0.4 is 21.8 Å². The van der Waals surface area contributed by atoms with Gasteiger partial charge in [-0.3, -0.25) is 10.2 Å². The van der Waals surface area contributed by atoms with E-state index in [0.717, 1.165) is 12.6 Å². The molecule has 30 heavy (non-hydrogen) atoms. The largest absolute Gasteiger partial charge is 0.365 e. The number of halogens is 1. The van der Waals surface area contributed by atoms with Gasteiger partial charge in [0.2, 0.25) is 5.95 Å². The zero-order valence-corrected chi connectivity index (χ0v) is 17.4. The minimum atomic E-state index is -0.633. The van der Waals surface area contributed by atoms with Crippen LogP contribution in [0.5, 0.6) is 0 Å². The number of nitrogens with zero attached hydrogens (tertiary/aromatic N) is 3. The van der Waals surface area contributed by atoms with Crippen LogP contribution in [0.2, 0.25) is 5.02 Å². The first kappa shape index (κ1) is 21.5. The fourth-order valence-electron chi connectivity index (χ4n) is 3.44. The lowest BCUT2D eigenvalue weighted by atomic mass is 9.86. The van der Waals surface area contributed by atoms with Gasteiger partial charge in [-0.1, -0.05) is 31.4 Å². The second-order valence-electron chi connectivity index (χ2n) is 7.24. The summed E-state index contributed by atoms with van der Waals surface area (Å²) in [6.45, 7) is 2.22. The molecular formula is C20H25ClN8O. The summed E-state index contributed by atoms with van der Waals surface area (Å²) in [4.78, 5) is 20.6. The van der Waals surface area contributed by atoms with E-state index in [0.29, 0.717) is 40.1 Å². The maximum Gasteiger partial charge on any atom is 0.254 e. The van der Waals surface area contributed by atoms with Crippen molar-refractivity contribution in [2.45, 2.75) is 38.6 Å². The lowest BCUT2D eigenvalue weighted by Crippen LogP contribution is -2.31. The van der Waals surface area contributed by atoms with Crippen LogP contribution in [0, 0.1) is 11.3 Å². The van der Waals surface area contributed by atoms with E-state index in [1.807, 2.05) is 0 Å². The molecule has 0 unspecified atom stereocenters. The molecule has 1 aliphatic carbocycles. The number of carbonyl (C=O) groups excluding carboxylic acids is 1. The van der Waals surface area contributed by atoms with E-state index in [9.17, 15) is 4.79 Å². The van der Waals surface area contributed by atoms with Crippen molar-refractivity contribution in [2.75, 3.05) is 16.1 Å². The molecule has 6 N–H and O–H groups in total. The molecule has 1 fully saturated rings. The summed E-state index contributed by atoms with van der Waals surface area (Å²) in [6, 6.07) is 5.41. The second-order valence-corrected chi connectivity index (χ2v) is 7.68. The molecule has 3 rings (SSSR count). The highest BCUT2D eigenvalue weighted by atomic mass is 35.5. The molecule has 0 bridgehead atoms. The topological polar surface area (TPSA) is 141 Å². The smallest absolute Gasteiger partial charge is 0.254 e. The standard InChI is InChI=1S/C20H25ClN8O/c1-12-4-2-3-5-17(12)27-20-24-11-16(18(23)30)19(28-20)26-14-8-13(21)9-15(10-14)29-25-7-6-22/h6-12,17,22,29H,2-5H2,1H3,(H2,23,30)(H2,24,26,27,28)/b22-6?,25-7-/t12-,17+/m0/s1. The number of hydrogen-bond acceptors (Lipinski definition) is 8. The van der Waals surface area contributed by atoms with Gasteiger partial charge in [0.15, 0.2) is 0 Å². The molecule has 2 aromatic rings. The van der Waals surface area contributed by atoms with Gasteiger partial charge in [0.05, 0.1) is 11.9 Å². The lowest BCUT2D eigenvalue weighted by Gasteiger charge is -2.29. The molecule has 10 heteroatoms. The lowest BCUT2D eigenvalue weighted by molar-refractivity contribution is 0.100. The predicted molar refractivity (Wildman–Crippen MR) is 121 cm³/mol. The normalized spacial score (nSPS) is 18.7. The van der Waals surface area contributed by atoms with Crippen molar-refractivity contribution in [3.8, 4) is 0 Å². The number of rotatable bonds is 8. The number of primary amides is 1. The summed E-state index contributed by atoms with van der Waals surface area (Å²) < 4.78 is 0. The Morgan fingerprint density at radius 2 is 2.07 bits per heavy atom. The molecule has 1 aromatic heterocycles. The van der Waals surface area contributed by atoms with Crippen LogP contribution in [0.1, 0.15) is 43.0 Å². The summed E-state index contributed by atoms with van der Waals surface area (Å²) in [7, 11) is 0. The minimum absolute atomic E-state index is 0.175. The first-order chi connectivity index (χ1) is 14.5. The molecule has 2 atom stereocenters. The van der Waals surface area contributed by atoms with Gasteiger partial charge in [-0.15, -0.1) is 0 Å². The van der Waals surface area contributed by atoms with E-state index in [1.165, 1.54) is 31.7 Å². The van der Waals surface area contributed by atoms with Gasteiger partial charge in [-0.2, -0.15) is 10.1 Å². The number of carbonyl (C=O) groups is 1. The highest BCUT2D eigenvalue weighted by Crippen LogP contribution is 2.28. The molecule has 1 aliphatic rings. The number of hydrazone groups is 1. The Morgan fingerprint density at radius 1 is 1.30 bits per heavy atom. The zero-order valence-electron chi connectivity index (χ0n) is 16.7. The molecule has 158 valence electrons. The average molecular weight is 429 g/mol. The van der Waals surface area contributed by atoms with Crippen molar-refractivity contribution in [2.24, 2.45) is 16.8 Å². The van der Waals surface area contributed by atoms with E-state index < -0.39 is 5.91 Å². The van der Waals surface area contributed by atoms with Gasteiger partial charge < -0.3 is 21.8 Å². The van der Waals surface area contributed by atoms with Gasteiger partial charge >= 0.3 is 0 Å². The molecule has 0 radical (unpaired) electrons. The highest BCUT2D eigenvalue weighted by molar-refractivity contribution is 6.31. The fraction of sp³-hybridized carbons (Fsp3) is 0.350. The van der Waals surface area contributed by atoms with E-state index in [2.05, 4.69) is 38.1 Å². The summed E-state index contributed by atoms with van der Waals surface area (Å²) in [5, 5.41) is 17.8. The minimum Gasteiger partial charge on any atom is -0.365 e. The summed E-state index contributed by atoms with van der Waals surface area (Å²) in [5.74, 6) is 0.626. The first-order valence-electron chi connectivity index (χ1n) is 9.75. The SMILES string of the molecule is C[C@H]1CCCC[C@H]1Nc1ncc(C(N)=O)c(Nc2cc(Cl)cc(N/N=C\C=N)c2)n1. The summed E-state index contributed by atoms with van der Waals surface area (Å²) in [5.41, 5.74) is 9.65. The highest BCUT2D eigenvalue weighted by Gasteiger charge is 2.22. The maximum atomic E-state index is 11.9. The number of anilines is 4. The van der Waals surface area contributed by atoms with Crippen LogP contribution in [0.15, 0.2) is 29.5 Å². The fourth-order valence-corrected chi connectivity index (χ4v) is 3.67. The molecule has 0 aliphatic heterocycles. The molecule has 0 spiro atoms. The van der Waals surface area contributed by atoms with Crippen molar-refractivity contribution >= 4 is 53.1 Å². The second kappa shape index (κ2) is 10.0. The Kier molecular flexibility index (Phi) is 7.18. The van der Waals surface area contributed by atoms with Crippen LogP contribution in [-0.4, -0.2) is 34.3 Å². The van der Waals surface area contributed by atoms with Crippen molar-refractivity contribution < 1.29 is 4.79 Å². The predicted octanol–water partition coefficient (Wildman–Crippen LogP) is 4.01. The van der Waals surface area contributed by atoms with Crippen LogP contribution >= 0.6 is 11.6 Å². The third kappa shape index (κ3) is 5.66. The van der Waals surface area contributed by atoms with Crippen LogP contribution in [0.25, 0.3) is 0 Å². The van der Waals surface area contributed by atoms with Gasteiger partial charge in [-0.25, -0.2) is 4.98 Å². The van der Waals surface area contributed by atoms with Crippen molar-refractivity contribution in [1.82, 2.24) is 9.97 Å². The Balaban J connectivity index is 1.85. The van der Waals surface area contributed by atoms with Crippen LogP contribution in [0.4, 0.5) is 23.1 Å². The van der Waals surface area contributed by atoms with Crippen LogP contribution in [-0.2, 0) is 0 Å². The van der Waals surface area contributed by atoms with Crippen molar-refractivity contribution in [1.29, 1.82) is 5.41 Å². The Morgan fingerprint density at radius 3 is 2.80 bits per heavy atom. The van der Waals surface area contributed by atoms with Gasteiger partial charge in [-0.05, 0) is 37.0 Å². The summed E-state index contributed by atoms with van der Waals surface area (Å²) >= 11 is 6.19. The van der Waals surface area contributed by atoms with Crippen LogP contribution in [0.3, 0.4) is 0 Å². The van der Waals surface area contributed by atoms with Gasteiger partial charge in [0.25, 0.3) is 5.91 Å². The molecule has 0 saturated heterocycles. The Labute approximate surface area is 180 Å². The van der Waals surface area contributed by atoms with E-state index in [1.54, 1.807) is 18.2 Å². The van der Waals surface area contributed by atoms with E-state index in [4.69, 9.17) is 22.7 Å². The zero-order chi connectivity index (χ0) is 21.5. The van der Waals surface area contributed by atoms with Crippen molar-refractivity contribution in [3.05, 3.63) is 35.0 Å². The van der Waals surface area contributed by atoms with Crippen molar-refractivity contribution in [3.63, 3.8) is 0 Å². The van der Waals surface area contributed by atoms with E-state index in [-0.39, 0.29) is 5.56 Å². The number of hydrogen-bond donors (Lipinski definition) is 5. The number of nitrogens with one attached hydrogen (secondary N) is 4. The monoisotopic (exact) mass is 428 g/mol. The molecule has 1 aromatic carbocycles. The third-order valence-corrected chi connectivity index (χ3v) is 5.20. The summed E-state index contributed by atoms with van der Waals surface area (Å²) in [6.07, 6.45) is 8.41. The third-order valence-electron chi connectivity index (χ3n) is 4.98. The average Bonchev–Trinajstić information content (AvgIpc) is 2.69. The number of nitrogens with two attached hydrogens (primary N) is 1. The molecule has 9 nitrogen and oxygen atoms in total. The number of amides is 1. The molecular weight excluding hydrogens is 404 g/mol. The Bertz CT molecular complexity index is 948. The first-order valence-corrected chi connectivity index (χ1v) is 10.1.